The lowest BCUT2D eigenvalue weighted by molar-refractivity contribution is -0.137. The number of nitrogens with one attached hydrogen (secondary N) is 1. The average Bonchev–Trinajstić information content (AvgIpc) is 2.49. The monoisotopic (exact) mass is 290 g/mol. The number of carbonyl (C=O) groups excluding carboxylic acids is 1. The number of hydrogen-bond donors (Lipinski definition) is 2. The molecule has 1 rings (SSSR count). The zero-order valence-electron chi connectivity index (χ0n) is 12.3. The van der Waals surface area contributed by atoms with Crippen molar-refractivity contribution in [3.05, 3.63) is 43.0 Å². The molecule has 2 N–H and O–H groups in total. The summed E-state index contributed by atoms with van der Waals surface area (Å²) >= 11 is 0. The van der Waals surface area contributed by atoms with Gasteiger partial charge in [0.25, 0.3) is 0 Å². The quantitative estimate of drug-likeness (QED) is 0.683. The minimum atomic E-state index is -0.827. The number of nitrogens with zero attached hydrogens (tertiary/aromatic N) is 1. The summed E-state index contributed by atoms with van der Waals surface area (Å²) < 4.78 is 0. The van der Waals surface area contributed by atoms with E-state index in [0.717, 1.165) is 5.69 Å². The standard InChI is InChI=1S/C16H22N2O3/c1-3-11-17-16(21)13(2)18(12-7-10-15(19)20)14-8-5-4-6-9-14/h3-6,8-9,13H,1,7,10-12H2,2H3,(H,17,21)(H,19,20). The maximum atomic E-state index is 12.1. The Balaban J connectivity index is 2.78. The number of aliphatic carboxylic acids is 1. The topological polar surface area (TPSA) is 69.6 Å². The molecule has 0 aliphatic rings. The Labute approximate surface area is 125 Å². The Bertz CT molecular complexity index is 474. The maximum Gasteiger partial charge on any atom is 0.303 e. The number of carbonyl (C=O) groups is 2. The summed E-state index contributed by atoms with van der Waals surface area (Å²) in [5, 5.41) is 11.5. The zero-order valence-corrected chi connectivity index (χ0v) is 12.3. The van der Waals surface area contributed by atoms with Crippen molar-refractivity contribution in [2.75, 3.05) is 18.0 Å². The van der Waals surface area contributed by atoms with E-state index in [9.17, 15) is 9.59 Å². The number of hydrogen-bond acceptors (Lipinski definition) is 3. The van der Waals surface area contributed by atoms with Crippen LogP contribution in [0.4, 0.5) is 5.69 Å². The highest BCUT2D eigenvalue weighted by Gasteiger charge is 2.21. The molecule has 114 valence electrons. The smallest absolute Gasteiger partial charge is 0.303 e. The molecule has 0 spiro atoms. The molecule has 5 heteroatoms. The van der Waals surface area contributed by atoms with Crippen LogP contribution in [0.1, 0.15) is 19.8 Å². The van der Waals surface area contributed by atoms with E-state index >= 15 is 0 Å². The van der Waals surface area contributed by atoms with Gasteiger partial charge in [0.2, 0.25) is 5.91 Å². The van der Waals surface area contributed by atoms with Crippen molar-refractivity contribution in [3.63, 3.8) is 0 Å². The number of anilines is 1. The van der Waals surface area contributed by atoms with Gasteiger partial charge in [0.05, 0.1) is 0 Å². The van der Waals surface area contributed by atoms with Crippen LogP contribution in [-0.2, 0) is 9.59 Å². The molecular weight excluding hydrogens is 268 g/mol. The first-order valence-electron chi connectivity index (χ1n) is 6.98. The second-order valence-electron chi connectivity index (χ2n) is 4.74. The van der Waals surface area contributed by atoms with Crippen molar-refractivity contribution in [1.82, 2.24) is 5.32 Å². The van der Waals surface area contributed by atoms with E-state index in [1.54, 1.807) is 6.08 Å². The normalized spacial score (nSPS) is 11.5. The third-order valence-electron chi connectivity index (χ3n) is 3.15. The summed E-state index contributed by atoms with van der Waals surface area (Å²) in [5.74, 6) is -0.930. The second kappa shape index (κ2) is 8.79. The molecule has 0 bridgehead atoms. The molecule has 1 aromatic rings. The van der Waals surface area contributed by atoms with E-state index < -0.39 is 5.97 Å². The minimum absolute atomic E-state index is 0.0876. The predicted molar refractivity (Wildman–Crippen MR) is 83.3 cm³/mol. The Morgan fingerprint density at radius 1 is 1.38 bits per heavy atom. The SMILES string of the molecule is C=CCNC(=O)C(C)N(CCCC(=O)O)c1ccccc1. The van der Waals surface area contributed by atoms with Gasteiger partial charge in [-0.15, -0.1) is 6.58 Å². The summed E-state index contributed by atoms with van der Waals surface area (Å²) in [6.07, 6.45) is 2.20. The molecule has 0 heterocycles. The number of carboxylic acid groups (broad SMARTS) is 1. The Hall–Kier alpha value is -2.30. The lowest BCUT2D eigenvalue weighted by Crippen LogP contribution is -2.46. The van der Waals surface area contributed by atoms with Crippen LogP contribution in [0.3, 0.4) is 0 Å². The highest BCUT2D eigenvalue weighted by atomic mass is 16.4. The van der Waals surface area contributed by atoms with Gasteiger partial charge in [0.15, 0.2) is 0 Å². The Morgan fingerprint density at radius 3 is 2.62 bits per heavy atom. The molecule has 0 aliphatic carbocycles. The molecule has 0 aliphatic heterocycles. The van der Waals surface area contributed by atoms with Gasteiger partial charge in [-0.2, -0.15) is 0 Å². The van der Waals surface area contributed by atoms with E-state index in [1.165, 1.54) is 0 Å². The molecule has 1 amide bonds. The summed E-state index contributed by atoms with van der Waals surface area (Å²) in [5.41, 5.74) is 0.907. The molecule has 0 saturated heterocycles. The molecule has 1 atom stereocenters. The van der Waals surface area contributed by atoms with Gasteiger partial charge in [0.1, 0.15) is 6.04 Å². The zero-order chi connectivity index (χ0) is 15.7. The molecule has 0 aromatic heterocycles. The third kappa shape index (κ3) is 5.69. The lowest BCUT2D eigenvalue weighted by atomic mass is 10.1. The largest absolute Gasteiger partial charge is 0.481 e. The number of amides is 1. The minimum Gasteiger partial charge on any atom is -0.481 e. The van der Waals surface area contributed by atoms with Crippen molar-refractivity contribution in [2.24, 2.45) is 0 Å². The van der Waals surface area contributed by atoms with Crippen LogP contribution >= 0.6 is 0 Å². The highest BCUT2D eigenvalue weighted by Crippen LogP contribution is 2.17. The Kier molecular flexibility index (Phi) is 7.01. The molecule has 1 aromatic carbocycles. The van der Waals surface area contributed by atoms with E-state index in [2.05, 4.69) is 11.9 Å². The maximum absolute atomic E-state index is 12.1. The third-order valence-corrected chi connectivity index (χ3v) is 3.15. The molecule has 0 radical (unpaired) electrons. The van der Waals surface area contributed by atoms with Gasteiger partial charge in [-0.25, -0.2) is 0 Å². The van der Waals surface area contributed by atoms with Crippen LogP contribution in [-0.4, -0.2) is 36.1 Å². The van der Waals surface area contributed by atoms with Gasteiger partial charge < -0.3 is 15.3 Å². The van der Waals surface area contributed by atoms with E-state index in [1.807, 2.05) is 42.2 Å². The molecule has 5 nitrogen and oxygen atoms in total. The van der Waals surface area contributed by atoms with Crippen molar-refractivity contribution in [2.45, 2.75) is 25.8 Å². The predicted octanol–water partition coefficient (Wildman–Crippen LogP) is 2.05. The number of para-hydroxylation sites is 1. The molecule has 0 saturated carbocycles. The Morgan fingerprint density at radius 2 is 2.05 bits per heavy atom. The van der Waals surface area contributed by atoms with Crippen molar-refractivity contribution < 1.29 is 14.7 Å². The number of rotatable bonds is 9. The van der Waals surface area contributed by atoms with Crippen molar-refractivity contribution in [3.8, 4) is 0 Å². The fourth-order valence-corrected chi connectivity index (χ4v) is 2.03. The van der Waals surface area contributed by atoms with E-state index in [0.29, 0.717) is 19.5 Å². The first-order chi connectivity index (χ1) is 10.1. The number of benzene rings is 1. The number of carboxylic acids is 1. The summed E-state index contributed by atoms with van der Waals surface area (Å²) in [4.78, 5) is 24.7. The van der Waals surface area contributed by atoms with Gasteiger partial charge >= 0.3 is 5.97 Å². The van der Waals surface area contributed by atoms with Gasteiger partial charge in [0, 0.05) is 25.2 Å². The van der Waals surface area contributed by atoms with Crippen molar-refractivity contribution >= 4 is 17.6 Å². The fraction of sp³-hybridized carbons (Fsp3) is 0.375. The first-order valence-corrected chi connectivity index (χ1v) is 6.98. The van der Waals surface area contributed by atoms with Crippen LogP contribution in [0.15, 0.2) is 43.0 Å². The molecular formula is C16H22N2O3. The van der Waals surface area contributed by atoms with Crippen LogP contribution in [0, 0.1) is 0 Å². The second-order valence-corrected chi connectivity index (χ2v) is 4.74. The molecule has 1 unspecified atom stereocenters. The van der Waals surface area contributed by atoms with Crippen LogP contribution in [0.25, 0.3) is 0 Å². The first kappa shape index (κ1) is 16.8. The average molecular weight is 290 g/mol. The van der Waals surface area contributed by atoms with Gasteiger partial charge in [-0.1, -0.05) is 24.3 Å². The fourth-order valence-electron chi connectivity index (χ4n) is 2.03. The van der Waals surface area contributed by atoms with Gasteiger partial charge in [-0.3, -0.25) is 9.59 Å². The van der Waals surface area contributed by atoms with E-state index in [4.69, 9.17) is 5.11 Å². The summed E-state index contributed by atoms with van der Waals surface area (Å²) in [7, 11) is 0. The lowest BCUT2D eigenvalue weighted by Gasteiger charge is -2.30. The van der Waals surface area contributed by atoms with Gasteiger partial charge in [-0.05, 0) is 25.5 Å². The van der Waals surface area contributed by atoms with E-state index in [-0.39, 0.29) is 18.4 Å². The van der Waals surface area contributed by atoms with Crippen LogP contribution in [0.2, 0.25) is 0 Å². The van der Waals surface area contributed by atoms with Crippen LogP contribution < -0.4 is 10.2 Å². The van der Waals surface area contributed by atoms with Crippen molar-refractivity contribution in [1.29, 1.82) is 0 Å². The highest BCUT2D eigenvalue weighted by molar-refractivity contribution is 5.85. The summed E-state index contributed by atoms with van der Waals surface area (Å²) in [6.45, 7) is 6.31. The van der Waals surface area contributed by atoms with Crippen LogP contribution in [0.5, 0.6) is 0 Å². The molecule has 0 fully saturated rings. The summed E-state index contributed by atoms with van der Waals surface area (Å²) in [6, 6.07) is 9.15. The molecule has 21 heavy (non-hydrogen) atoms.